The summed E-state index contributed by atoms with van der Waals surface area (Å²) in [6.45, 7) is 0.749. The lowest BCUT2D eigenvalue weighted by molar-refractivity contribution is -0.147. The van der Waals surface area contributed by atoms with Crippen LogP contribution in [0.3, 0.4) is 0 Å². The summed E-state index contributed by atoms with van der Waals surface area (Å²) in [6.07, 6.45) is 14.0. The number of Topliss-reactive ketones (excluding diaryl/α,β-unsaturated/α-hetero) is 1. The standard InChI is InChI=1S/C31H53N3O11/c1-2-24(36)23(21-35)33-29(41)28(31(44)45)34-26(38)20-19-22(30(42)43)32-25(37)17-15-13-11-9-7-5-3-4-6-8-10-12-14-16-18-27(39)40/h22-23,28,35H,2-21H2,1H3,(H,32,37)(H,33,41)(H,34,38)(H,39,40)(H,42,43)(H,44,45)/t22-,23-,28-/m0/s1. The number of unbranched alkanes of at least 4 members (excludes halogenated alkanes) is 13. The molecule has 0 heterocycles. The van der Waals surface area contributed by atoms with Crippen molar-refractivity contribution in [3.8, 4) is 0 Å². The molecule has 0 aromatic carbocycles. The average molecular weight is 644 g/mol. The number of hydrogen-bond donors (Lipinski definition) is 7. The van der Waals surface area contributed by atoms with E-state index in [1.54, 1.807) is 0 Å². The van der Waals surface area contributed by atoms with Crippen molar-refractivity contribution in [1.82, 2.24) is 16.0 Å². The van der Waals surface area contributed by atoms with Gasteiger partial charge in [-0.2, -0.15) is 0 Å². The Hall–Kier alpha value is -3.55. The fraction of sp³-hybridized carbons (Fsp3) is 0.774. The van der Waals surface area contributed by atoms with Gasteiger partial charge in [0.25, 0.3) is 5.91 Å². The number of carbonyl (C=O) groups excluding carboxylic acids is 4. The van der Waals surface area contributed by atoms with Crippen LogP contribution in [-0.4, -0.2) is 86.6 Å². The molecule has 14 heteroatoms. The predicted molar refractivity (Wildman–Crippen MR) is 164 cm³/mol. The van der Waals surface area contributed by atoms with Crippen LogP contribution in [0.15, 0.2) is 0 Å². The normalized spacial score (nSPS) is 12.8. The Kier molecular flexibility index (Phi) is 23.7. The van der Waals surface area contributed by atoms with Crippen LogP contribution in [0.25, 0.3) is 0 Å². The van der Waals surface area contributed by atoms with E-state index in [9.17, 15) is 48.9 Å². The Bertz CT molecular complexity index is 942. The van der Waals surface area contributed by atoms with Crippen molar-refractivity contribution in [1.29, 1.82) is 0 Å². The van der Waals surface area contributed by atoms with E-state index in [1.165, 1.54) is 32.6 Å². The Balaban J connectivity index is 4.17. The number of carboxylic acids is 3. The molecule has 0 aliphatic carbocycles. The molecule has 0 rings (SSSR count). The van der Waals surface area contributed by atoms with Crippen LogP contribution in [0.4, 0.5) is 0 Å². The minimum absolute atomic E-state index is 0.0127. The highest BCUT2D eigenvalue weighted by atomic mass is 16.4. The number of nitrogens with one attached hydrogen (secondary N) is 3. The number of aliphatic hydroxyl groups is 1. The lowest BCUT2D eigenvalue weighted by atomic mass is 10.0. The van der Waals surface area contributed by atoms with Crippen LogP contribution in [0.2, 0.25) is 0 Å². The number of rotatable bonds is 29. The molecule has 14 nitrogen and oxygen atoms in total. The third kappa shape index (κ3) is 21.7. The second kappa shape index (κ2) is 25.7. The number of aliphatic carboxylic acids is 3. The fourth-order valence-corrected chi connectivity index (χ4v) is 4.68. The zero-order valence-corrected chi connectivity index (χ0v) is 26.5. The summed E-state index contributed by atoms with van der Waals surface area (Å²) in [5.74, 6) is -6.95. The van der Waals surface area contributed by atoms with Gasteiger partial charge in [0.1, 0.15) is 12.1 Å². The summed E-state index contributed by atoms with van der Waals surface area (Å²) in [5, 5.41) is 43.0. The first kappa shape index (κ1) is 41.4. The van der Waals surface area contributed by atoms with Crippen molar-refractivity contribution in [3.63, 3.8) is 0 Å². The topological polar surface area (TPSA) is 236 Å². The van der Waals surface area contributed by atoms with E-state index in [0.717, 1.165) is 57.8 Å². The van der Waals surface area contributed by atoms with Gasteiger partial charge in [0, 0.05) is 25.7 Å². The van der Waals surface area contributed by atoms with Crippen LogP contribution in [0.5, 0.6) is 0 Å². The molecule has 0 unspecified atom stereocenters. The molecule has 0 aliphatic heterocycles. The van der Waals surface area contributed by atoms with Crippen molar-refractivity contribution >= 4 is 41.4 Å². The van der Waals surface area contributed by atoms with Crippen molar-refractivity contribution in [3.05, 3.63) is 0 Å². The second-order valence-electron chi connectivity index (χ2n) is 11.2. The zero-order valence-electron chi connectivity index (χ0n) is 26.5. The highest BCUT2D eigenvalue weighted by Crippen LogP contribution is 2.14. The van der Waals surface area contributed by atoms with Crippen LogP contribution in [-0.2, 0) is 33.6 Å². The maximum Gasteiger partial charge on any atom is 0.336 e. The predicted octanol–water partition coefficient (Wildman–Crippen LogP) is 2.69. The van der Waals surface area contributed by atoms with E-state index in [4.69, 9.17) is 5.11 Å². The number of ketones is 1. The maximum absolute atomic E-state index is 12.3. The number of amides is 3. The first-order chi connectivity index (χ1) is 21.4. The number of carboxylic acid groups (broad SMARTS) is 3. The molecule has 0 saturated carbocycles. The molecule has 0 bridgehead atoms. The number of aliphatic hydroxyl groups excluding tert-OH is 1. The Morgan fingerprint density at radius 3 is 1.38 bits per heavy atom. The SMILES string of the molecule is CCC(=O)[C@H](CO)NC(=O)[C@H](NC(=O)CC[C@H](NC(=O)CCCCCCCCCCCCCCCCC(=O)O)C(=O)O)C(=O)O. The first-order valence-electron chi connectivity index (χ1n) is 16.1. The Morgan fingerprint density at radius 2 is 0.978 bits per heavy atom. The summed E-state index contributed by atoms with van der Waals surface area (Å²) < 4.78 is 0. The molecule has 0 saturated heterocycles. The molecule has 0 aromatic rings. The van der Waals surface area contributed by atoms with Gasteiger partial charge in [0.2, 0.25) is 17.9 Å². The first-order valence-corrected chi connectivity index (χ1v) is 16.1. The number of carbonyl (C=O) groups is 7. The van der Waals surface area contributed by atoms with E-state index in [-0.39, 0.29) is 25.7 Å². The molecule has 0 fully saturated rings. The minimum atomic E-state index is -2.06. The lowest BCUT2D eigenvalue weighted by Crippen LogP contribution is -2.55. The smallest absolute Gasteiger partial charge is 0.336 e. The molecular formula is C31H53N3O11. The van der Waals surface area contributed by atoms with Gasteiger partial charge in [-0.15, -0.1) is 0 Å². The average Bonchev–Trinajstić information content (AvgIpc) is 2.99. The Morgan fingerprint density at radius 1 is 0.533 bits per heavy atom. The molecule has 45 heavy (non-hydrogen) atoms. The van der Waals surface area contributed by atoms with Crippen LogP contribution in [0, 0.1) is 0 Å². The highest BCUT2D eigenvalue weighted by Gasteiger charge is 2.31. The molecule has 0 radical (unpaired) electrons. The van der Waals surface area contributed by atoms with Gasteiger partial charge in [-0.3, -0.25) is 24.0 Å². The van der Waals surface area contributed by atoms with Gasteiger partial charge in [0.15, 0.2) is 5.78 Å². The quantitative estimate of drug-likeness (QED) is 0.0462. The summed E-state index contributed by atoms with van der Waals surface area (Å²) in [5.41, 5.74) is 0. The lowest BCUT2D eigenvalue weighted by Gasteiger charge is -2.19. The van der Waals surface area contributed by atoms with Crippen molar-refractivity contribution in [2.24, 2.45) is 0 Å². The van der Waals surface area contributed by atoms with E-state index in [2.05, 4.69) is 10.6 Å². The van der Waals surface area contributed by atoms with E-state index in [1.807, 2.05) is 5.32 Å². The molecule has 0 aliphatic rings. The van der Waals surface area contributed by atoms with Gasteiger partial charge >= 0.3 is 17.9 Å². The molecule has 0 spiro atoms. The van der Waals surface area contributed by atoms with Gasteiger partial charge in [-0.05, 0) is 19.3 Å². The molecule has 3 atom stereocenters. The minimum Gasteiger partial charge on any atom is -0.481 e. The van der Waals surface area contributed by atoms with Crippen molar-refractivity contribution < 1.29 is 54.0 Å². The molecule has 7 N–H and O–H groups in total. The Labute approximate surface area is 265 Å². The maximum atomic E-state index is 12.3. The highest BCUT2D eigenvalue weighted by molar-refractivity contribution is 6.05. The summed E-state index contributed by atoms with van der Waals surface area (Å²) in [4.78, 5) is 82.1. The van der Waals surface area contributed by atoms with Gasteiger partial charge in [0.05, 0.1) is 6.61 Å². The van der Waals surface area contributed by atoms with Crippen molar-refractivity contribution in [2.45, 2.75) is 147 Å². The monoisotopic (exact) mass is 643 g/mol. The van der Waals surface area contributed by atoms with Gasteiger partial charge in [-0.25, -0.2) is 9.59 Å². The summed E-state index contributed by atoms with van der Waals surface area (Å²) in [6, 6.07) is -4.76. The second-order valence-corrected chi connectivity index (χ2v) is 11.2. The van der Waals surface area contributed by atoms with Crippen LogP contribution < -0.4 is 16.0 Å². The van der Waals surface area contributed by atoms with Gasteiger partial charge < -0.3 is 36.4 Å². The van der Waals surface area contributed by atoms with Crippen LogP contribution >= 0.6 is 0 Å². The van der Waals surface area contributed by atoms with Crippen molar-refractivity contribution in [2.75, 3.05) is 6.61 Å². The van der Waals surface area contributed by atoms with E-state index in [0.29, 0.717) is 6.42 Å². The third-order valence-electron chi connectivity index (χ3n) is 7.39. The van der Waals surface area contributed by atoms with E-state index < -0.39 is 72.6 Å². The summed E-state index contributed by atoms with van der Waals surface area (Å²) >= 11 is 0. The largest absolute Gasteiger partial charge is 0.481 e. The number of hydrogen-bond acceptors (Lipinski definition) is 8. The molecule has 0 aromatic heterocycles. The van der Waals surface area contributed by atoms with Crippen LogP contribution in [0.1, 0.15) is 129 Å². The molecule has 3 amide bonds. The summed E-state index contributed by atoms with van der Waals surface area (Å²) in [7, 11) is 0. The fourth-order valence-electron chi connectivity index (χ4n) is 4.68. The van der Waals surface area contributed by atoms with Gasteiger partial charge in [-0.1, -0.05) is 84.0 Å². The molecular weight excluding hydrogens is 590 g/mol. The molecule has 258 valence electrons. The van der Waals surface area contributed by atoms with E-state index >= 15 is 0 Å². The zero-order chi connectivity index (χ0) is 34.0. The third-order valence-corrected chi connectivity index (χ3v) is 7.39.